The summed E-state index contributed by atoms with van der Waals surface area (Å²) in [6, 6.07) is 0. The Balaban J connectivity index is 2.44. The smallest absolute Gasteiger partial charge is 0.126 e. The van der Waals surface area contributed by atoms with Crippen LogP contribution in [0.4, 0.5) is 0 Å². The van der Waals surface area contributed by atoms with E-state index in [0.29, 0.717) is 0 Å². The van der Waals surface area contributed by atoms with Crippen LogP contribution in [0.2, 0.25) is 0 Å². The van der Waals surface area contributed by atoms with Crippen LogP contribution in [0.25, 0.3) is 0 Å². The van der Waals surface area contributed by atoms with Gasteiger partial charge in [0, 0.05) is 7.11 Å². The first-order valence-corrected chi connectivity index (χ1v) is 7.50. The number of carbonyl (C=O) groups is 1. The maximum atomic E-state index is 11.4. The van der Waals surface area contributed by atoms with Gasteiger partial charge in [-0.2, -0.15) is 0 Å². The minimum Gasteiger partial charge on any atom is -0.369 e. The first-order chi connectivity index (χ1) is 9.14. The Bertz CT molecular complexity index is 303. The van der Waals surface area contributed by atoms with Gasteiger partial charge in [-0.25, -0.2) is 0 Å². The number of aldehydes is 1. The van der Waals surface area contributed by atoms with Crippen LogP contribution in [-0.4, -0.2) is 19.0 Å². The number of hydrogen-bond donors (Lipinski definition) is 0. The van der Waals surface area contributed by atoms with Crippen molar-refractivity contribution in [3.63, 3.8) is 0 Å². The van der Waals surface area contributed by atoms with Gasteiger partial charge in [0.25, 0.3) is 0 Å². The molecule has 1 unspecified atom stereocenters. The molecule has 19 heavy (non-hydrogen) atoms. The zero-order valence-electron chi connectivity index (χ0n) is 12.6. The summed E-state index contributed by atoms with van der Waals surface area (Å²) in [7, 11) is 1.69. The van der Waals surface area contributed by atoms with Crippen molar-refractivity contribution in [1.29, 1.82) is 0 Å². The van der Waals surface area contributed by atoms with Gasteiger partial charge in [0.15, 0.2) is 0 Å². The fourth-order valence-corrected chi connectivity index (χ4v) is 2.67. The predicted molar refractivity (Wildman–Crippen MR) is 80.1 cm³/mol. The monoisotopic (exact) mass is 264 g/mol. The van der Waals surface area contributed by atoms with Crippen LogP contribution in [0.3, 0.4) is 0 Å². The Kier molecular flexibility index (Phi) is 7.07. The first-order valence-electron chi connectivity index (χ1n) is 7.50. The van der Waals surface area contributed by atoms with Crippen LogP contribution in [0.1, 0.15) is 52.4 Å². The second-order valence-electron chi connectivity index (χ2n) is 5.87. The molecule has 2 nitrogen and oxygen atoms in total. The number of carbonyl (C=O) groups excluding carboxylic acids is 1. The first kappa shape index (κ1) is 16.2. The lowest BCUT2D eigenvalue weighted by molar-refractivity contribution is -0.117. The van der Waals surface area contributed by atoms with E-state index in [0.717, 1.165) is 31.5 Å². The molecule has 0 aromatic carbocycles. The molecule has 2 heteroatoms. The Labute approximate surface area is 117 Å². The molecule has 0 N–H and O–H groups in total. The molecule has 0 spiro atoms. The van der Waals surface area contributed by atoms with E-state index in [2.05, 4.69) is 26.0 Å². The summed E-state index contributed by atoms with van der Waals surface area (Å²) in [5, 5.41) is 0. The molecule has 108 valence electrons. The Morgan fingerprint density at radius 3 is 2.32 bits per heavy atom. The van der Waals surface area contributed by atoms with Gasteiger partial charge in [0.05, 0.1) is 5.92 Å². The van der Waals surface area contributed by atoms with Gasteiger partial charge in [0.1, 0.15) is 11.9 Å². The number of methoxy groups -OCH3 is 1. The Morgan fingerprint density at radius 1 is 1.16 bits per heavy atom. The van der Waals surface area contributed by atoms with Crippen molar-refractivity contribution < 1.29 is 9.53 Å². The zero-order valence-corrected chi connectivity index (χ0v) is 12.6. The van der Waals surface area contributed by atoms with E-state index < -0.39 is 5.60 Å². The largest absolute Gasteiger partial charge is 0.369 e. The van der Waals surface area contributed by atoms with Gasteiger partial charge in [-0.15, -0.1) is 0 Å². The lowest BCUT2D eigenvalue weighted by Crippen LogP contribution is -2.38. The van der Waals surface area contributed by atoms with Crippen molar-refractivity contribution in [2.24, 2.45) is 11.8 Å². The molecule has 0 heterocycles. The molecule has 0 saturated carbocycles. The zero-order chi connectivity index (χ0) is 14.1. The SMILES string of the molecule is COC1(C(C=O)CCCCCC(C)C)C=CCC=C1. The van der Waals surface area contributed by atoms with Crippen LogP contribution in [0.5, 0.6) is 0 Å². The molecular weight excluding hydrogens is 236 g/mol. The van der Waals surface area contributed by atoms with Crippen LogP contribution in [0, 0.1) is 11.8 Å². The van der Waals surface area contributed by atoms with Crippen molar-refractivity contribution >= 4 is 6.29 Å². The minimum absolute atomic E-state index is 0.0654. The maximum Gasteiger partial charge on any atom is 0.126 e. The Morgan fingerprint density at radius 2 is 1.79 bits per heavy atom. The summed E-state index contributed by atoms with van der Waals surface area (Å²) >= 11 is 0. The lowest BCUT2D eigenvalue weighted by atomic mass is 9.81. The van der Waals surface area contributed by atoms with Crippen LogP contribution in [-0.2, 0) is 9.53 Å². The highest BCUT2D eigenvalue weighted by Crippen LogP contribution is 2.31. The fraction of sp³-hybridized carbons (Fsp3) is 0.706. The van der Waals surface area contributed by atoms with E-state index in [1.54, 1.807) is 7.11 Å². The number of rotatable bonds is 9. The predicted octanol–water partition coefficient (Wildman–Crippen LogP) is 4.31. The van der Waals surface area contributed by atoms with Crippen molar-refractivity contribution in [3.05, 3.63) is 24.3 Å². The lowest BCUT2D eigenvalue weighted by Gasteiger charge is -2.33. The number of hydrogen-bond acceptors (Lipinski definition) is 2. The van der Waals surface area contributed by atoms with Gasteiger partial charge < -0.3 is 9.53 Å². The van der Waals surface area contributed by atoms with Crippen molar-refractivity contribution in [3.8, 4) is 0 Å². The second kappa shape index (κ2) is 8.31. The van der Waals surface area contributed by atoms with E-state index >= 15 is 0 Å². The molecular formula is C17H28O2. The second-order valence-corrected chi connectivity index (χ2v) is 5.87. The molecule has 0 saturated heterocycles. The maximum absolute atomic E-state index is 11.4. The number of unbranched alkanes of at least 4 members (excludes halogenated alkanes) is 2. The van der Waals surface area contributed by atoms with Gasteiger partial charge in [0.2, 0.25) is 0 Å². The van der Waals surface area contributed by atoms with E-state index in [4.69, 9.17) is 4.74 Å². The average Bonchev–Trinajstić information content (AvgIpc) is 2.43. The molecule has 1 atom stereocenters. The van der Waals surface area contributed by atoms with Gasteiger partial charge in [-0.1, -0.05) is 63.8 Å². The Hall–Kier alpha value is -0.890. The summed E-state index contributed by atoms with van der Waals surface area (Å²) in [4.78, 5) is 11.4. The summed E-state index contributed by atoms with van der Waals surface area (Å²) in [6.45, 7) is 4.51. The third-order valence-corrected chi connectivity index (χ3v) is 3.92. The summed E-state index contributed by atoms with van der Waals surface area (Å²) in [5.41, 5.74) is -0.502. The molecule has 0 bridgehead atoms. The molecule has 0 aromatic rings. The number of allylic oxidation sites excluding steroid dienone is 2. The highest BCUT2D eigenvalue weighted by atomic mass is 16.5. The molecule has 0 amide bonds. The summed E-state index contributed by atoms with van der Waals surface area (Å²) in [6.07, 6.45) is 16.0. The molecule has 0 radical (unpaired) electrons. The van der Waals surface area contributed by atoms with E-state index in [-0.39, 0.29) is 5.92 Å². The van der Waals surface area contributed by atoms with Crippen molar-refractivity contribution in [2.45, 2.75) is 58.0 Å². The highest BCUT2D eigenvalue weighted by Gasteiger charge is 2.34. The summed E-state index contributed by atoms with van der Waals surface area (Å²) in [5.74, 6) is 0.709. The summed E-state index contributed by atoms with van der Waals surface area (Å²) < 4.78 is 5.62. The fourth-order valence-electron chi connectivity index (χ4n) is 2.67. The van der Waals surface area contributed by atoms with Crippen molar-refractivity contribution in [1.82, 2.24) is 0 Å². The van der Waals surface area contributed by atoms with Crippen molar-refractivity contribution in [2.75, 3.05) is 7.11 Å². The minimum atomic E-state index is -0.502. The molecule has 0 aromatic heterocycles. The quantitative estimate of drug-likeness (QED) is 0.352. The topological polar surface area (TPSA) is 26.3 Å². The average molecular weight is 264 g/mol. The highest BCUT2D eigenvalue weighted by molar-refractivity contribution is 5.58. The van der Waals surface area contributed by atoms with E-state index in [1.165, 1.54) is 19.3 Å². The van der Waals surface area contributed by atoms with E-state index in [9.17, 15) is 4.79 Å². The van der Waals surface area contributed by atoms with Gasteiger partial charge in [-0.3, -0.25) is 0 Å². The van der Waals surface area contributed by atoms with Crippen LogP contribution < -0.4 is 0 Å². The molecule has 1 rings (SSSR count). The van der Waals surface area contributed by atoms with Gasteiger partial charge >= 0.3 is 0 Å². The van der Waals surface area contributed by atoms with Crippen LogP contribution >= 0.6 is 0 Å². The molecule has 1 aliphatic rings. The van der Waals surface area contributed by atoms with Gasteiger partial charge in [-0.05, 0) is 18.8 Å². The molecule has 0 fully saturated rings. The van der Waals surface area contributed by atoms with Crippen LogP contribution in [0.15, 0.2) is 24.3 Å². The third-order valence-electron chi connectivity index (χ3n) is 3.92. The molecule has 0 aliphatic heterocycles. The third kappa shape index (κ3) is 4.94. The molecule has 1 aliphatic carbocycles. The standard InChI is InChI=1S/C17H28O2/c1-15(2)10-6-4-7-11-16(14-18)17(19-3)12-8-5-9-13-17/h8-9,12-16H,4-7,10-11H2,1-3H3. The van der Waals surface area contributed by atoms with E-state index in [1.807, 2.05) is 12.2 Å². The normalized spacial score (nSPS) is 18.7. The number of ether oxygens (including phenoxy) is 1.